The van der Waals surface area contributed by atoms with Crippen LogP contribution in [0.25, 0.3) is 0 Å². The fourth-order valence-electron chi connectivity index (χ4n) is 3.12. The van der Waals surface area contributed by atoms with Crippen molar-refractivity contribution >= 4 is 6.16 Å². The third kappa shape index (κ3) is 6.15. The Morgan fingerprint density at radius 2 is 2.00 bits per heavy atom. The van der Waals surface area contributed by atoms with Gasteiger partial charge in [-0.05, 0) is 24.3 Å². The normalized spacial score (nSPS) is 15.8. The fourth-order valence-corrected chi connectivity index (χ4v) is 3.12. The van der Waals surface area contributed by atoms with Crippen LogP contribution in [0.2, 0.25) is 0 Å². The molecule has 0 unspecified atom stereocenters. The largest absolute Gasteiger partial charge is 0.512 e. The molecule has 1 aromatic heterocycles. The Kier molecular flexibility index (Phi) is 6.51. The summed E-state index contributed by atoms with van der Waals surface area (Å²) in [5, 5.41) is 8.48. The predicted molar refractivity (Wildman–Crippen MR) is 81.6 cm³/mol. The van der Waals surface area contributed by atoms with Gasteiger partial charge in [0, 0.05) is 12.3 Å². The number of pyridine rings is 1. The van der Waals surface area contributed by atoms with Gasteiger partial charge >= 0.3 is 6.16 Å². The highest BCUT2D eigenvalue weighted by Gasteiger charge is 2.12. The second-order valence-electron chi connectivity index (χ2n) is 5.98. The average Bonchev–Trinajstić information content (AvgIpc) is 2.49. The molecule has 0 bridgehead atoms. The maximum absolute atomic E-state index is 10.4. The molecule has 4 nitrogen and oxygen atoms in total. The minimum Gasteiger partial charge on any atom is -0.449 e. The lowest BCUT2D eigenvalue weighted by Gasteiger charge is -2.21. The van der Waals surface area contributed by atoms with Crippen LogP contribution in [0, 0.1) is 5.92 Å². The first-order valence-electron chi connectivity index (χ1n) is 8.10. The summed E-state index contributed by atoms with van der Waals surface area (Å²) in [6.45, 7) is 0. The molecule has 1 aromatic rings. The standard InChI is InChI=1S/C17H25NO3/c19-17(20)21-16-12-11-15(13-18-16)10-6-2-5-9-14-7-3-1-4-8-14/h11-14H,1-10H2,(H,19,20). The van der Waals surface area contributed by atoms with E-state index in [0.717, 1.165) is 17.9 Å². The number of aryl methyl sites for hydroxylation is 1. The Morgan fingerprint density at radius 3 is 2.67 bits per heavy atom. The zero-order chi connectivity index (χ0) is 14.9. The van der Waals surface area contributed by atoms with Gasteiger partial charge in [-0.1, -0.05) is 57.4 Å². The molecule has 4 heteroatoms. The first kappa shape index (κ1) is 15.8. The minimum absolute atomic E-state index is 0.142. The van der Waals surface area contributed by atoms with E-state index in [9.17, 15) is 4.79 Å². The van der Waals surface area contributed by atoms with Gasteiger partial charge in [0.2, 0.25) is 5.88 Å². The van der Waals surface area contributed by atoms with Crippen molar-refractivity contribution in [3.63, 3.8) is 0 Å². The van der Waals surface area contributed by atoms with Crippen LogP contribution in [0.3, 0.4) is 0 Å². The van der Waals surface area contributed by atoms with Crippen molar-refractivity contribution in [1.29, 1.82) is 0 Å². The number of rotatable bonds is 7. The van der Waals surface area contributed by atoms with Crippen LogP contribution in [0.15, 0.2) is 18.3 Å². The summed E-state index contributed by atoms with van der Waals surface area (Å²) < 4.78 is 4.48. The van der Waals surface area contributed by atoms with Gasteiger partial charge in [-0.3, -0.25) is 0 Å². The molecule has 0 saturated heterocycles. The van der Waals surface area contributed by atoms with Crippen molar-refractivity contribution in [2.75, 3.05) is 0 Å². The number of carbonyl (C=O) groups is 1. The van der Waals surface area contributed by atoms with Crippen LogP contribution < -0.4 is 4.74 Å². The van der Waals surface area contributed by atoms with Gasteiger partial charge in [0.25, 0.3) is 0 Å². The van der Waals surface area contributed by atoms with Crippen LogP contribution in [-0.2, 0) is 6.42 Å². The number of carboxylic acid groups (broad SMARTS) is 1. The zero-order valence-electron chi connectivity index (χ0n) is 12.6. The van der Waals surface area contributed by atoms with E-state index in [1.165, 1.54) is 57.8 Å². The second kappa shape index (κ2) is 8.65. The van der Waals surface area contributed by atoms with Crippen LogP contribution >= 0.6 is 0 Å². The fraction of sp³-hybridized carbons (Fsp3) is 0.647. The van der Waals surface area contributed by atoms with Crippen molar-refractivity contribution in [2.45, 2.75) is 64.2 Å². The van der Waals surface area contributed by atoms with Crippen LogP contribution in [-0.4, -0.2) is 16.2 Å². The Labute approximate surface area is 126 Å². The maximum atomic E-state index is 10.4. The van der Waals surface area contributed by atoms with Gasteiger partial charge in [-0.25, -0.2) is 9.78 Å². The molecule has 1 aliphatic carbocycles. The number of unbranched alkanes of at least 4 members (excludes halogenated alkanes) is 2. The topological polar surface area (TPSA) is 59.4 Å². The van der Waals surface area contributed by atoms with Crippen molar-refractivity contribution in [3.05, 3.63) is 23.9 Å². The summed E-state index contributed by atoms with van der Waals surface area (Å²) in [5.74, 6) is 1.12. The summed E-state index contributed by atoms with van der Waals surface area (Å²) in [4.78, 5) is 14.4. The Hall–Kier alpha value is -1.58. The highest BCUT2D eigenvalue weighted by Crippen LogP contribution is 2.28. The number of nitrogens with zero attached hydrogens (tertiary/aromatic N) is 1. The van der Waals surface area contributed by atoms with Gasteiger partial charge < -0.3 is 9.84 Å². The maximum Gasteiger partial charge on any atom is 0.512 e. The molecule has 0 aliphatic heterocycles. The average molecular weight is 291 g/mol. The van der Waals surface area contributed by atoms with Crippen molar-refractivity contribution in [3.8, 4) is 5.88 Å². The van der Waals surface area contributed by atoms with Crippen molar-refractivity contribution < 1.29 is 14.6 Å². The summed E-state index contributed by atoms with van der Waals surface area (Å²) in [5.41, 5.74) is 1.14. The van der Waals surface area contributed by atoms with Gasteiger partial charge in [-0.15, -0.1) is 0 Å². The first-order chi connectivity index (χ1) is 10.2. The Bertz CT molecular complexity index is 424. The molecule has 1 saturated carbocycles. The molecular formula is C17H25NO3. The van der Waals surface area contributed by atoms with E-state index in [1.54, 1.807) is 12.3 Å². The third-order valence-corrected chi connectivity index (χ3v) is 4.29. The lowest BCUT2D eigenvalue weighted by molar-refractivity contribution is 0.142. The monoisotopic (exact) mass is 291 g/mol. The van der Waals surface area contributed by atoms with E-state index >= 15 is 0 Å². The number of hydrogen-bond acceptors (Lipinski definition) is 3. The smallest absolute Gasteiger partial charge is 0.449 e. The van der Waals surface area contributed by atoms with E-state index in [2.05, 4.69) is 9.72 Å². The lowest BCUT2D eigenvalue weighted by Crippen LogP contribution is -2.05. The second-order valence-corrected chi connectivity index (χ2v) is 5.98. The van der Waals surface area contributed by atoms with E-state index in [0.29, 0.717) is 0 Å². The SMILES string of the molecule is O=C(O)Oc1ccc(CCCCCC2CCCCC2)cn1. The summed E-state index contributed by atoms with van der Waals surface area (Å²) in [7, 11) is 0. The molecule has 1 heterocycles. The van der Waals surface area contributed by atoms with E-state index in [4.69, 9.17) is 5.11 Å². The molecule has 0 aromatic carbocycles. The van der Waals surface area contributed by atoms with Gasteiger partial charge in [0.1, 0.15) is 0 Å². The minimum atomic E-state index is -1.32. The van der Waals surface area contributed by atoms with Crippen molar-refractivity contribution in [2.24, 2.45) is 5.92 Å². The Morgan fingerprint density at radius 1 is 1.19 bits per heavy atom. The van der Waals surface area contributed by atoms with Gasteiger partial charge in [0.15, 0.2) is 0 Å². The third-order valence-electron chi connectivity index (χ3n) is 4.29. The predicted octanol–water partition coefficient (Wildman–Crippen LogP) is 4.82. The molecular weight excluding hydrogens is 266 g/mol. The molecule has 1 fully saturated rings. The quantitative estimate of drug-likeness (QED) is 0.578. The molecule has 21 heavy (non-hydrogen) atoms. The summed E-state index contributed by atoms with van der Waals surface area (Å²) in [6, 6.07) is 3.51. The van der Waals surface area contributed by atoms with Crippen LogP contribution in [0.4, 0.5) is 4.79 Å². The van der Waals surface area contributed by atoms with E-state index < -0.39 is 6.16 Å². The number of aromatic nitrogens is 1. The molecule has 2 rings (SSSR count). The highest BCUT2D eigenvalue weighted by atomic mass is 16.7. The first-order valence-corrected chi connectivity index (χ1v) is 8.10. The van der Waals surface area contributed by atoms with E-state index in [-0.39, 0.29) is 5.88 Å². The molecule has 116 valence electrons. The molecule has 0 radical (unpaired) electrons. The van der Waals surface area contributed by atoms with E-state index in [1.807, 2.05) is 6.07 Å². The van der Waals surface area contributed by atoms with Gasteiger partial charge in [0.05, 0.1) is 0 Å². The molecule has 0 spiro atoms. The number of ether oxygens (including phenoxy) is 1. The van der Waals surface area contributed by atoms with Gasteiger partial charge in [-0.2, -0.15) is 0 Å². The molecule has 1 aliphatic rings. The molecule has 0 amide bonds. The molecule has 0 atom stereocenters. The van der Waals surface area contributed by atoms with Crippen molar-refractivity contribution in [1.82, 2.24) is 4.98 Å². The van der Waals surface area contributed by atoms with Crippen LogP contribution in [0.1, 0.15) is 63.4 Å². The summed E-state index contributed by atoms with van der Waals surface area (Å²) in [6.07, 6.45) is 13.7. The summed E-state index contributed by atoms with van der Waals surface area (Å²) >= 11 is 0. The Balaban J connectivity index is 1.58. The van der Waals surface area contributed by atoms with Crippen LogP contribution in [0.5, 0.6) is 5.88 Å². The molecule has 1 N–H and O–H groups in total. The number of hydrogen-bond donors (Lipinski definition) is 1. The lowest BCUT2D eigenvalue weighted by atomic mass is 9.85. The zero-order valence-corrected chi connectivity index (χ0v) is 12.6. The highest BCUT2D eigenvalue weighted by molar-refractivity contribution is 5.60.